The quantitative estimate of drug-likeness (QED) is 0.331. The van der Waals surface area contributed by atoms with Crippen LogP contribution in [0.3, 0.4) is 0 Å². The molecule has 0 saturated heterocycles. The number of guanidine groups is 1. The Labute approximate surface area is 58.3 Å². The molecule has 0 aromatic heterocycles. The topological polar surface area (TPSA) is 62.4 Å². The van der Waals surface area contributed by atoms with Crippen molar-refractivity contribution in [2.24, 2.45) is 10.8 Å². The second kappa shape index (κ2) is 3.68. The maximum atomic E-state index is 4.99. The summed E-state index contributed by atoms with van der Waals surface area (Å²) in [7, 11) is 0. The number of nitrogens with two attached hydrogens (primary N) is 1. The summed E-state index contributed by atoms with van der Waals surface area (Å²) in [5, 5.41) is 2.92. The van der Waals surface area contributed by atoms with E-state index < -0.39 is 0 Å². The molecule has 0 radical (unpaired) electrons. The third kappa shape index (κ3) is 1.67. The van der Waals surface area contributed by atoms with Gasteiger partial charge >= 0.3 is 0 Å². The highest BCUT2D eigenvalue weighted by atomic mass is 79.9. The third-order valence-electron chi connectivity index (χ3n) is 0.811. The van der Waals surface area contributed by atoms with Gasteiger partial charge in [0, 0.05) is 6.54 Å². The average molecular weight is 181 g/mol. The zero-order valence-electron chi connectivity index (χ0n) is 4.35. The molecule has 0 fully saturated rings. The SMILES string of the molecule is Br.NNC1=NCCN1. The zero-order chi connectivity index (χ0) is 5.11. The maximum absolute atomic E-state index is 4.99. The van der Waals surface area contributed by atoms with Crippen LogP contribution in [0.4, 0.5) is 0 Å². The van der Waals surface area contributed by atoms with E-state index in [2.05, 4.69) is 15.7 Å². The fourth-order valence-corrected chi connectivity index (χ4v) is 0.495. The van der Waals surface area contributed by atoms with E-state index in [1.807, 2.05) is 0 Å². The first kappa shape index (κ1) is 7.71. The Morgan fingerprint density at radius 3 is 2.75 bits per heavy atom. The first-order valence-electron chi connectivity index (χ1n) is 2.18. The van der Waals surface area contributed by atoms with Gasteiger partial charge in [0.15, 0.2) is 0 Å². The lowest BCUT2D eigenvalue weighted by atomic mass is 10.7. The maximum Gasteiger partial charge on any atom is 0.205 e. The predicted molar refractivity (Wildman–Crippen MR) is 37.9 cm³/mol. The Kier molecular flexibility index (Phi) is 3.55. The monoisotopic (exact) mass is 180 g/mol. The van der Waals surface area contributed by atoms with E-state index in [1.54, 1.807) is 0 Å². The minimum atomic E-state index is 0. The van der Waals surface area contributed by atoms with E-state index in [-0.39, 0.29) is 17.0 Å². The minimum Gasteiger partial charge on any atom is -0.353 e. The van der Waals surface area contributed by atoms with Crippen molar-refractivity contribution in [1.82, 2.24) is 10.7 Å². The van der Waals surface area contributed by atoms with Gasteiger partial charge in [-0.15, -0.1) is 17.0 Å². The van der Waals surface area contributed by atoms with Gasteiger partial charge in [-0.2, -0.15) is 0 Å². The summed E-state index contributed by atoms with van der Waals surface area (Å²) in [4.78, 5) is 3.92. The lowest BCUT2D eigenvalue weighted by Crippen LogP contribution is -2.38. The molecule has 0 amide bonds. The molecule has 4 N–H and O–H groups in total. The number of aliphatic imine (C=N–C) groups is 1. The van der Waals surface area contributed by atoms with E-state index in [0.29, 0.717) is 5.96 Å². The molecule has 48 valence electrons. The molecule has 1 aliphatic rings. The van der Waals surface area contributed by atoms with E-state index in [4.69, 9.17) is 5.84 Å². The van der Waals surface area contributed by atoms with Gasteiger partial charge in [-0.1, -0.05) is 0 Å². The molecule has 0 aromatic rings. The van der Waals surface area contributed by atoms with Crippen molar-refractivity contribution < 1.29 is 0 Å². The lowest BCUT2D eigenvalue weighted by Gasteiger charge is -1.95. The highest BCUT2D eigenvalue weighted by molar-refractivity contribution is 8.93. The van der Waals surface area contributed by atoms with Gasteiger partial charge in [0.2, 0.25) is 5.96 Å². The standard InChI is InChI=1S/C3H8N4.BrH/c4-7-3-5-1-2-6-3;/h1-2,4H2,(H2,5,6,7);1H. The number of rotatable bonds is 0. The van der Waals surface area contributed by atoms with E-state index in [1.165, 1.54) is 0 Å². The predicted octanol–water partition coefficient (Wildman–Crippen LogP) is -1.01. The van der Waals surface area contributed by atoms with Gasteiger partial charge in [-0.05, 0) is 0 Å². The Morgan fingerprint density at radius 1 is 1.75 bits per heavy atom. The Hall–Kier alpha value is -0.290. The van der Waals surface area contributed by atoms with Crippen LogP contribution < -0.4 is 16.6 Å². The molecule has 5 heteroatoms. The molecule has 0 aromatic carbocycles. The second-order valence-corrected chi connectivity index (χ2v) is 1.30. The number of hydrazine groups is 1. The van der Waals surface area contributed by atoms with Crippen LogP contribution in [-0.2, 0) is 0 Å². The fraction of sp³-hybridized carbons (Fsp3) is 0.667. The third-order valence-corrected chi connectivity index (χ3v) is 0.811. The molecular formula is C3H9BrN4. The zero-order valence-corrected chi connectivity index (χ0v) is 6.06. The van der Waals surface area contributed by atoms with Crippen LogP contribution in [0.5, 0.6) is 0 Å². The number of hydrogen-bond donors (Lipinski definition) is 3. The molecule has 0 aliphatic carbocycles. The summed E-state index contributed by atoms with van der Waals surface area (Å²) in [5.41, 5.74) is 2.40. The normalized spacial score (nSPS) is 15.9. The largest absolute Gasteiger partial charge is 0.353 e. The molecule has 0 bridgehead atoms. The molecule has 0 atom stereocenters. The number of nitrogens with one attached hydrogen (secondary N) is 2. The Balaban J connectivity index is 0.000000490. The summed E-state index contributed by atoms with van der Waals surface area (Å²) >= 11 is 0. The fourth-order valence-electron chi connectivity index (χ4n) is 0.495. The highest BCUT2D eigenvalue weighted by Gasteiger charge is 1.98. The summed E-state index contributed by atoms with van der Waals surface area (Å²) in [6.07, 6.45) is 0. The van der Waals surface area contributed by atoms with Crippen LogP contribution in [0.1, 0.15) is 0 Å². The van der Waals surface area contributed by atoms with Crippen molar-refractivity contribution in [3.63, 3.8) is 0 Å². The molecule has 1 aliphatic heterocycles. The van der Waals surface area contributed by atoms with E-state index in [9.17, 15) is 0 Å². The van der Waals surface area contributed by atoms with Crippen LogP contribution in [0.15, 0.2) is 4.99 Å². The van der Waals surface area contributed by atoms with Crippen LogP contribution in [0.25, 0.3) is 0 Å². The molecule has 1 heterocycles. The summed E-state index contributed by atoms with van der Waals surface area (Å²) < 4.78 is 0. The van der Waals surface area contributed by atoms with Crippen molar-refractivity contribution in [2.75, 3.05) is 13.1 Å². The van der Waals surface area contributed by atoms with Crippen LogP contribution >= 0.6 is 17.0 Å². The van der Waals surface area contributed by atoms with Crippen LogP contribution in [0.2, 0.25) is 0 Å². The van der Waals surface area contributed by atoms with Gasteiger partial charge in [-0.25, -0.2) is 5.84 Å². The smallest absolute Gasteiger partial charge is 0.205 e. The summed E-state index contributed by atoms with van der Waals surface area (Å²) in [5.74, 6) is 5.68. The van der Waals surface area contributed by atoms with Gasteiger partial charge in [0.05, 0.1) is 6.54 Å². The lowest BCUT2D eigenvalue weighted by molar-refractivity contribution is 0.917. The van der Waals surface area contributed by atoms with Crippen LogP contribution in [-0.4, -0.2) is 19.0 Å². The molecule has 0 saturated carbocycles. The van der Waals surface area contributed by atoms with Gasteiger partial charge in [0.25, 0.3) is 0 Å². The van der Waals surface area contributed by atoms with Gasteiger partial charge < -0.3 is 5.32 Å². The summed E-state index contributed by atoms with van der Waals surface area (Å²) in [6.45, 7) is 1.74. The molecule has 0 unspecified atom stereocenters. The molecular weight excluding hydrogens is 172 g/mol. The van der Waals surface area contributed by atoms with Crippen molar-refractivity contribution in [1.29, 1.82) is 0 Å². The van der Waals surface area contributed by atoms with Crippen molar-refractivity contribution in [3.8, 4) is 0 Å². The van der Waals surface area contributed by atoms with E-state index >= 15 is 0 Å². The number of hydrogen-bond acceptors (Lipinski definition) is 4. The molecule has 4 nitrogen and oxygen atoms in total. The second-order valence-electron chi connectivity index (χ2n) is 1.30. The van der Waals surface area contributed by atoms with E-state index in [0.717, 1.165) is 13.1 Å². The van der Waals surface area contributed by atoms with Crippen LogP contribution in [0, 0.1) is 0 Å². The molecule has 0 spiro atoms. The Morgan fingerprint density at radius 2 is 2.50 bits per heavy atom. The van der Waals surface area contributed by atoms with Gasteiger partial charge in [0.1, 0.15) is 0 Å². The van der Waals surface area contributed by atoms with Crippen molar-refractivity contribution >= 4 is 22.9 Å². The number of halogens is 1. The molecule has 1 rings (SSSR count). The Bertz CT molecular complexity index is 91.3. The average Bonchev–Trinajstić information content (AvgIpc) is 2.14. The summed E-state index contributed by atoms with van der Waals surface area (Å²) in [6, 6.07) is 0. The minimum absolute atomic E-state index is 0. The first-order valence-corrected chi connectivity index (χ1v) is 2.18. The van der Waals surface area contributed by atoms with Crippen molar-refractivity contribution in [3.05, 3.63) is 0 Å². The molecule has 8 heavy (non-hydrogen) atoms. The highest BCUT2D eigenvalue weighted by Crippen LogP contribution is 1.76. The van der Waals surface area contributed by atoms with Crippen molar-refractivity contribution in [2.45, 2.75) is 0 Å². The first-order chi connectivity index (χ1) is 3.43. The number of nitrogens with zero attached hydrogens (tertiary/aromatic N) is 1. The van der Waals surface area contributed by atoms with Gasteiger partial charge in [-0.3, -0.25) is 10.4 Å².